The van der Waals surface area contributed by atoms with Gasteiger partial charge in [-0.15, -0.1) is 0 Å². The number of carbonyl (C=O) groups is 1. The zero-order chi connectivity index (χ0) is 17.2. The number of carbonyl (C=O) groups excluding carboxylic acids is 1. The van der Waals surface area contributed by atoms with Crippen molar-refractivity contribution in [2.45, 2.75) is 44.8 Å². The number of ether oxygens (including phenoxy) is 1. The highest BCUT2D eigenvalue weighted by atomic mass is 16.5. The highest BCUT2D eigenvalue weighted by Crippen LogP contribution is 2.33. The van der Waals surface area contributed by atoms with Crippen LogP contribution in [0.4, 0.5) is 0 Å². The van der Waals surface area contributed by atoms with Gasteiger partial charge in [0.15, 0.2) is 0 Å². The fourth-order valence-corrected chi connectivity index (χ4v) is 4.47. The number of aryl methyl sites for hydroxylation is 1. The Morgan fingerprint density at radius 3 is 2.64 bits per heavy atom. The van der Waals surface area contributed by atoms with Gasteiger partial charge in [-0.05, 0) is 18.6 Å². The number of furan rings is 1. The van der Waals surface area contributed by atoms with E-state index in [9.17, 15) is 4.79 Å². The Bertz CT molecular complexity index is 596. The van der Waals surface area contributed by atoms with Crippen molar-refractivity contribution in [3.63, 3.8) is 0 Å². The molecule has 3 aliphatic rings. The average Bonchev–Trinajstić information content (AvgIpc) is 3.31. The predicted octanol–water partition coefficient (Wildman–Crippen LogP) is 1.35. The molecule has 1 aromatic heterocycles. The largest absolute Gasteiger partial charge is 0.465 e. The molecule has 3 aliphatic heterocycles. The summed E-state index contributed by atoms with van der Waals surface area (Å²) in [4.78, 5) is 19.5. The molecule has 2 unspecified atom stereocenters. The number of hydrogen-bond acceptors (Lipinski definition) is 5. The van der Waals surface area contributed by atoms with Gasteiger partial charge in [-0.3, -0.25) is 14.6 Å². The van der Waals surface area contributed by atoms with E-state index < -0.39 is 0 Å². The van der Waals surface area contributed by atoms with E-state index in [4.69, 9.17) is 9.15 Å². The van der Waals surface area contributed by atoms with E-state index in [2.05, 4.69) is 33.8 Å². The third kappa shape index (κ3) is 3.61. The first-order valence-corrected chi connectivity index (χ1v) is 9.66. The molecular weight excluding hydrogens is 318 g/mol. The van der Waals surface area contributed by atoms with E-state index in [0.717, 1.165) is 76.8 Å². The first kappa shape index (κ1) is 17.1. The second-order valence-electron chi connectivity index (χ2n) is 7.36. The molecule has 1 aromatic rings. The van der Waals surface area contributed by atoms with Gasteiger partial charge in [-0.2, -0.15) is 0 Å². The molecule has 0 aliphatic carbocycles. The van der Waals surface area contributed by atoms with Crippen molar-refractivity contribution in [3.8, 4) is 0 Å². The quantitative estimate of drug-likeness (QED) is 0.777. The first-order valence-electron chi connectivity index (χ1n) is 9.66. The van der Waals surface area contributed by atoms with Crippen LogP contribution < -0.4 is 0 Å². The number of hydrogen-bond donors (Lipinski definition) is 0. The summed E-state index contributed by atoms with van der Waals surface area (Å²) in [5.41, 5.74) is 0. The standard InChI is InChI=1S/C19H29N3O3/c1-2-15-3-4-16(25-15)14-21-6-5-17-18(21)13-19(23)22(17)8-7-20-9-11-24-12-10-20/h3-4,17-18H,2,5-14H2,1H3. The molecule has 138 valence electrons. The van der Waals surface area contributed by atoms with Gasteiger partial charge >= 0.3 is 0 Å². The molecule has 3 saturated heterocycles. The van der Waals surface area contributed by atoms with E-state index in [1.807, 2.05) is 0 Å². The van der Waals surface area contributed by atoms with Crippen molar-refractivity contribution in [1.82, 2.24) is 14.7 Å². The molecule has 2 atom stereocenters. The Morgan fingerprint density at radius 1 is 1.08 bits per heavy atom. The number of fused-ring (bicyclic) bond motifs is 1. The van der Waals surface area contributed by atoms with Gasteiger partial charge in [-0.1, -0.05) is 6.92 Å². The van der Waals surface area contributed by atoms with Gasteiger partial charge in [0.25, 0.3) is 0 Å². The maximum atomic E-state index is 12.5. The van der Waals surface area contributed by atoms with Gasteiger partial charge in [0.05, 0.1) is 19.8 Å². The molecule has 0 saturated carbocycles. The molecule has 0 radical (unpaired) electrons. The Morgan fingerprint density at radius 2 is 1.88 bits per heavy atom. The van der Waals surface area contributed by atoms with Gasteiger partial charge in [-0.25, -0.2) is 0 Å². The Balaban J connectivity index is 1.33. The van der Waals surface area contributed by atoms with Crippen LogP contribution in [-0.2, 0) is 22.5 Å². The van der Waals surface area contributed by atoms with Crippen molar-refractivity contribution in [3.05, 3.63) is 23.7 Å². The Kier molecular flexibility index (Phi) is 5.10. The molecule has 1 amide bonds. The fourth-order valence-electron chi connectivity index (χ4n) is 4.47. The number of nitrogens with zero attached hydrogens (tertiary/aromatic N) is 3. The number of morpholine rings is 1. The van der Waals surface area contributed by atoms with E-state index in [0.29, 0.717) is 24.4 Å². The van der Waals surface area contributed by atoms with Crippen molar-refractivity contribution >= 4 is 5.91 Å². The minimum atomic E-state index is 0.321. The monoisotopic (exact) mass is 347 g/mol. The van der Waals surface area contributed by atoms with Crippen molar-refractivity contribution in [2.75, 3.05) is 45.9 Å². The highest BCUT2D eigenvalue weighted by molar-refractivity contribution is 5.80. The highest BCUT2D eigenvalue weighted by Gasteiger charge is 2.46. The number of amides is 1. The van der Waals surface area contributed by atoms with Crippen molar-refractivity contribution < 1.29 is 13.9 Å². The summed E-state index contributed by atoms with van der Waals surface area (Å²) in [5.74, 6) is 2.39. The maximum absolute atomic E-state index is 12.5. The van der Waals surface area contributed by atoms with Crippen molar-refractivity contribution in [1.29, 1.82) is 0 Å². The number of rotatable bonds is 6. The molecule has 4 rings (SSSR count). The minimum Gasteiger partial charge on any atom is -0.465 e. The third-order valence-corrected chi connectivity index (χ3v) is 5.92. The van der Waals surface area contributed by atoms with Gasteiger partial charge in [0.2, 0.25) is 5.91 Å². The first-order chi connectivity index (χ1) is 12.2. The lowest BCUT2D eigenvalue weighted by Gasteiger charge is -2.30. The van der Waals surface area contributed by atoms with E-state index in [1.165, 1.54) is 0 Å². The van der Waals surface area contributed by atoms with Crippen molar-refractivity contribution in [2.24, 2.45) is 0 Å². The van der Waals surface area contributed by atoms with Crippen LogP contribution in [0.25, 0.3) is 0 Å². The third-order valence-electron chi connectivity index (χ3n) is 5.92. The zero-order valence-corrected chi connectivity index (χ0v) is 15.2. The molecule has 3 fully saturated rings. The van der Waals surface area contributed by atoms with E-state index in [1.54, 1.807) is 0 Å². The zero-order valence-electron chi connectivity index (χ0n) is 15.2. The summed E-state index contributed by atoms with van der Waals surface area (Å²) in [6, 6.07) is 4.89. The summed E-state index contributed by atoms with van der Waals surface area (Å²) in [7, 11) is 0. The second-order valence-corrected chi connectivity index (χ2v) is 7.36. The molecule has 6 heteroatoms. The summed E-state index contributed by atoms with van der Waals surface area (Å²) >= 11 is 0. The lowest BCUT2D eigenvalue weighted by atomic mass is 10.1. The molecule has 0 N–H and O–H groups in total. The molecule has 0 spiro atoms. The lowest BCUT2D eigenvalue weighted by Crippen LogP contribution is -2.44. The van der Waals surface area contributed by atoms with Gasteiger partial charge < -0.3 is 14.1 Å². The van der Waals surface area contributed by atoms with Crippen LogP contribution in [0.3, 0.4) is 0 Å². The summed E-state index contributed by atoms with van der Waals surface area (Å²) in [5, 5.41) is 0. The molecule has 0 aromatic carbocycles. The van der Waals surface area contributed by atoms with Crippen LogP contribution >= 0.6 is 0 Å². The lowest BCUT2D eigenvalue weighted by molar-refractivity contribution is -0.129. The van der Waals surface area contributed by atoms with Crippen LogP contribution in [-0.4, -0.2) is 78.6 Å². The van der Waals surface area contributed by atoms with Crippen LogP contribution in [0.2, 0.25) is 0 Å². The Labute approximate surface area is 149 Å². The average molecular weight is 347 g/mol. The molecule has 4 heterocycles. The number of likely N-dealkylation sites (tertiary alicyclic amines) is 2. The second kappa shape index (κ2) is 7.48. The molecule has 25 heavy (non-hydrogen) atoms. The Hall–Kier alpha value is -1.37. The maximum Gasteiger partial charge on any atom is 0.224 e. The summed E-state index contributed by atoms with van der Waals surface area (Å²) < 4.78 is 11.3. The van der Waals surface area contributed by atoms with Crippen LogP contribution in [0.15, 0.2) is 16.5 Å². The van der Waals surface area contributed by atoms with E-state index >= 15 is 0 Å². The van der Waals surface area contributed by atoms with Gasteiger partial charge in [0.1, 0.15) is 11.5 Å². The molecular formula is C19H29N3O3. The van der Waals surface area contributed by atoms with E-state index in [-0.39, 0.29) is 0 Å². The van der Waals surface area contributed by atoms with Crippen LogP contribution in [0.5, 0.6) is 0 Å². The molecule has 0 bridgehead atoms. The topological polar surface area (TPSA) is 49.2 Å². The van der Waals surface area contributed by atoms with Crippen LogP contribution in [0.1, 0.15) is 31.3 Å². The SMILES string of the molecule is CCc1ccc(CN2CCC3C2CC(=O)N3CCN2CCOCC2)o1. The fraction of sp³-hybridized carbons (Fsp3) is 0.737. The predicted molar refractivity (Wildman–Crippen MR) is 94.3 cm³/mol. The smallest absolute Gasteiger partial charge is 0.224 e. The summed E-state index contributed by atoms with van der Waals surface area (Å²) in [6.45, 7) is 9.42. The molecule has 6 nitrogen and oxygen atoms in total. The normalized spacial score (nSPS) is 28.0. The van der Waals surface area contributed by atoms with Gasteiger partial charge in [0, 0.05) is 57.6 Å². The minimum absolute atomic E-state index is 0.321. The van der Waals surface area contributed by atoms with Crippen LogP contribution in [0, 0.1) is 0 Å². The summed E-state index contributed by atoms with van der Waals surface area (Å²) in [6.07, 6.45) is 2.68.